The third-order valence-electron chi connectivity index (χ3n) is 2.43. The Morgan fingerprint density at radius 1 is 1.33 bits per heavy atom. The summed E-state index contributed by atoms with van der Waals surface area (Å²) in [5, 5.41) is 2.60. The van der Waals surface area contributed by atoms with E-state index in [0.29, 0.717) is 18.5 Å². The number of carbonyl (C=O) groups excluding carboxylic acids is 1. The summed E-state index contributed by atoms with van der Waals surface area (Å²) in [6.07, 6.45) is 1.76. The predicted molar refractivity (Wildman–Crippen MR) is 71.2 cm³/mol. The third-order valence-corrected chi connectivity index (χ3v) is 3.38. The molecule has 0 aliphatic carbocycles. The highest BCUT2D eigenvalue weighted by Crippen LogP contribution is 2.08. The van der Waals surface area contributed by atoms with Crippen LogP contribution in [0.25, 0.3) is 0 Å². The number of amides is 1. The van der Waals surface area contributed by atoms with E-state index in [0.717, 1.165) is 11.8 Å². The van der Waals surface area contributed by atoms with Gasteiger partial charge in [0, 0.05) is 18.4 Å². The van der Waals surface area contributed by atoms with Gasteiger partial charge in [0.05, 0.1) is 5.75 Å². The molecule has 0 heterocycles. The Morgan fingerprint density at radius 2 is 2.00 bits per heavy atom. The Bertz CT molecular complexity index is 512. The largest absolute Gasteiger partial charge is 0.351 e. The van der Waals surface area contributed by atoms with Gasteiger partial charge in [-0.25, -0.2) is 8.42 Å². The van der Waals surface area contributed by atoms with E-state index in [-0.39, 0.29) is 18.2 Å². The number of rotatable bonds is 6. The first-order valence-electron chi connectivity index (χ1n) is 5.68. The highest BCUT2D eigenvalue weighted by molar-refractivity contribution is 7.90. The molecule has 1 rings (SSSR count). The second-order valence-electron chi connectivity index (χ2n) is 4.08. The first-order chi connectivity index (χ1) is 8.44. The van der Waals surface area contributed by atoms with Gasteiger partial charge < -0.3 is 11.1 Å². The minimum absolute atomic E-state index is 0.0577. The van der Waals surface area contributed by atoms with Crippen molar-refractivity contribution in [3.05, 3.63) is 35.4 Å². The fourth-order valence-corrected chi connectivity index (χ4v) is 2.03. The molecule has 1 aromatic rings. The van der Waals surface area contributed by atoms with Crippen molar-refractivity contribution in [2.45, 2.75) is 6.42 Å². The minimum atomic E-state index is -3.06. The fourth-order valence-electron chi connectivity index (χ4n) is 1.56. The van der Waals surface area contributed by atoms with Crippen LogP contribution in [0.15, 0.2) is 24.3 Å². The molecule has 18 heavy (non-hydrogen) atoms. The maximum absolute atomic E-state index is 11.9. The summed E-state index contributed by atoms with van der Waals surface area (Å²) in [7, 11) is -3.06. The SMILES string of the molecule is CS(=O)(=O)CCNC(=O)c1ccccc1CCN. The molecule has 0 radical (unpaired) electrons. The van der Waals surface area contributed by atoms with Crippen LogP contribution in [0.5, 0.6) is 0 Å². The number of nitrogens with two attached hydrogens (primary N) is 1. The number of hydrogen-bond donors (Lipinski definition) is 2. The maximum atomic E-state index is 11.9. The van der Waals surface area contributed by atoms with Gasteiger partial charge in [-0.05, 0) is 24.6 Å². The fraction of sp³-hybridized carbons (Fsp3) is 0.417. The molecular formula is C12H18N2O3S. The van der Waals surface area contributed by atoms with Crippen LogP contribution in [0.2, 0.25) is 0 Å². The van der Waals surface area contributed by atoms with Crippen LogP contribution in [0.4, 0.5) is 0 Å². The summed E-state index contributed by atoms with van der Waals surface area (Å²) in [5.41, 5.74) is 6.90. The van der Waals surface area contributed by atoms with Crippen molar-refractivity contribution < 1.29 is 13.2 Å². The van der Waals surface area contributed by atoms with Crippen molar-refractivity contribution in [3.8, 4) is 0 Å². The number of carbonyl (C=O) groups is 1. The molecule has 3 N–H and O–H groups in total. The van der Waals surface area contributed by atoms with Gasteiger partial charge in [-0.15, -0.1) is 0 Å². The molecule has 100 valence electrons. The van der Waals surface area contributed by atoms with Gasteiger partial charge >= 0.3 is 0 Å². The quantitative estimate of drug-likeness (QED) is 0.759. The molecule has 0 saturated heterocycles. The molecular weight excluding hydrogens is 252 g/mol. The highest BCUT2D eigenvalue weighted by atomic mass is 32.2. The van der Waals surface area contributed by atoms with E-state index in [4.69, 9.17) is 5.73 Å². The lowest BCUT2D eigenvalue weighted by Gasteiger charge is -2.09. The normalized spacial score (nSPS) is 11.2. The van der Waals surface area contributed by atoms with Gasteiger partial charge in [0.2, 0.25) is 0 Å². The summed E-state index contributed by atoms with van der Waals surface area (Å²) in [6.45, 7) is 0.586. The molecule has 0 atom stereocenters. The number of benzene rings is 1. The standard InChI is InChI=1S/C12H18N2O3S/c1-18(16,17)9-8-14-12(15)11-5-3-2-4-10(11)6-7-13/h2-5H,6-9,13H2,1H3,(H,14,15). The van der Waals surface area contributed by atoms with Crippen LogP contribution in [-0.4, -0.2) is 39.4 Å². The zero-order valence-electron chi connectivity index (χ0n) is 10.3. The molecule has 0 fully saturated rings. The van der Waals surface area contributed by atoms with Gasteiger partial charge in [-0.2, -0.15) is 0 Å². The second-order valence-corrected chi connectivity index (χ2v) is 6.34. The van der Waals surface area contributed by atoms with Crippen molar-refractivity contribution in [2.24, 2.45) is 5.73 Å². The lowest BCUT2D eigenvalue weighted by atomic mass is 10.0. The lowest BCUT2D eigenvalue weighted by Crippen LogP contribution is -2.29. The Balaban J connectivity index is 2.66. The lowest BCUT2D eigenvalue weighted by molar-refractivity contribution is 0.0955. The third kappa shape index (κ3) is 4.85. The Labute approximate surface area is 107 Å². The van der Waals surface area contributed by atoms with E-state index in [2.05, 4.69) is 5.32 Å². The van der Waals surface area contributed by atoms with Crippen LogP contribution in [0.3, 0.4) is 0 Å². The maximum Gasteiger partial charge on any atom is 0.251 e. The summed E-state index contributed by atoms with van der Waals surface area (Å²) in [5.74, 6) is -0.319. The van der Waals surface area contributed by atoms with Gasteiger partial charge in [0.15, 0.2) is 0 Å². The van der Waals surface area contributed by atoms with Crippen molar-refractivity contribution >= 4 is 15.7 Å². The first-order valence-corrected chi connectivity index (χ1v) is 7.74. The molecule has 0 aliphatic rings. The highest BCUT2D eigenvalue weighted by Gasteiger charge is 2.10. The zero-order valence-corrected chi connectivity index (χ0v) is 11.2. The molecule has 0 saturated carbocycles. The molecule has 0 spiro atoms. The molecule has 1 aromatic carbocycles. The number of nitrogens with one attached hydrogen (secondary N) is 1. The van der Waals surface area contributed by atoms with Gasteiger partial charge in [0.25, 0.3) is 5.91 Å². The topological polar surface area (TPSA) is 89.3 Å². The van der Waals surface area contributed by atoms with Crippen LogP contribution in [0.1, 0.15) is 15.9 Å². The molecule has 1 amide bonds. The first kappa shape index (κ1) is 14.7. The van der Waals surface area contributed by atoms with Gasteiger partial charge in [-0.1, -0.05) is 18.2 Å². The summed E-state index contributed by atoms with van der Waals surface area (Å²) >= 11 is 0. The van der Waals surface area contributed by atoms with Crippen molar-refractivity contribution in [3.63, 3.8) is 0 Å². The van der Waals surface area contributed by atoms with Crippen molar-refractivity contribution in [2.75, 3.05) is 25.1 Å². The molecule has 5 nitrogen and oxygen atoms in total. The molecule has 0 aromatic heterocycles. The Hall–Kier alpha value is -1.40. The summed E-state index contributed by atoms with van der Waals surface area (Å²) < 4.78 is 21.9. The average molecular weight is 270 g/mol. The summed E-state index contributed by atoms with van der Waals surface area (Å²) in [4.78, 5) is 11.9. The van der Waals surface area contributed by atoms with Crippen molar-refractivity contribution in [1.82, 2.24) is 5.32 Å². The van der Waals surface area contributed by atoms with E-state index < -0.39 is 9.84 Å². The monoisotopic (exact) mass is 270 g/mol. The van der Waals surface area contributed by atoms with Crippen LogP contribution >= 0.6 is 0 Å². The minimum Gasteiger partial charge on any atom is -0.351 e. The predicted octanol–water partition coefficient (Wildman–Crippen LogP) is -0.0378. The zero-order chi connectivity index (χ0) is 13.6. The number of hydrogen-bond acceptors (Lipinski definition) is 4. The number of sulfone groups is 1. The van der Waals surface area contributed by atoms with Crippen LogP contribution in [0, 0.1) is 0 Å². The molecule has 0 bridgehead atoms. The smallest absolute Gasteiger partial charge is 0.251 e. The Kier molecular flexibility index (Phi) is 5.30. The summed E-state index contributed by atoms with van der Waals surface area (Å²) in [6, 6.07) is 7.17. The van der Waals surface area contributed by atoms with E-state index in [9.17, 15) is 13.2 Å². The van der Waals surface area contributed by atoms with E-state index in [1.54, 1.807) is 12.1 Å². The van der Waals surface area contributed by atoms with Crippen molar-refractivity contribution in [1.29, 1.82) is 0 Å². The Morgan fingerprint density at radius 3 is 2.61 bits per heavy atom. The average Bonchev–Trinajstić information content (AvgIpc) is 2.28. The molecule has 0 aliphatic heterocycles. The van der Waals surface area contributed by atoms with E-state index in [1.807, 2.05) is 12.1 Å². The van der Waals surface area contributed by atoms with Crippen LogP contribution in [-0.2, 0) is 16.3 Å². The molecule has 6 heteroatoms. The second kappa shape index (κ2) is 6.51. The van der Waals surface area contributed by atoms with Crippen LogP contribution < -0.4 is 11.1 Å². The van der Waals surface area contributed by atoms with E-state index >= 15 is 0 Å². The van der Waals surface area contributed by atoms with E-state index in [1.165, 1.54) is 0 Å². The van der Waals surface area contributed by atoms with Gasteiger partial charge in [0.1, 0.15) is 9.84 Å². The van der Waals surface area contributed by atoms with Gasteiger partial charge in [-0.3, -0.25) is 4.79 Å². The molecule has 0 unspecified atom stereocenters.